The molecule has 0 aliphatic carbocycles. The number of nitrogens with zero attached hydrogens (tertiary/aromatic N) is 2. The van der Waals surface area contributed by atoms with Gasteiger partial charge in [-0.3, -0.25) is 15.5 Å². The summed E-state index contributed by atoms with van der Waals surface area (Å²) in [6.45, 7) is 3.11. The summed E-state index contributed by atoms with van der Waals surface area (Å²) < 4.78 is 0. The van der Waals surface area contributed by atoms with Crippen LogP contribution < -0.4 is 10.7 Å². The zero-order chi connectivity index (χ0) is 24.0. The van der Waals surface area contributed by atoms with E-state index in [0.29, 0.717) is 10.7 Å². The maximum atomic E-state index is 10.8. The molecule has 1 aromatic carbocycles. The largest absolute Gasteiger partial charge is 0.361 e. The van der Waals surface area contributed by atoms with Crippen LogP contribution in [0.4, 0.5) is 5.69 Å². The molecular weight excluding hydrogens is 432 g/mol. The molecule has 33 heavy (non-hydrogen) atoms. The highest BCUT2D eigenvalue weighted by Gasteiger charge is 2.04. The van der Waals surface area contributed by atoms with E-state index in [2.05, 4.69) is 22.8 Å². The van der Waals surface area contributed by atoms with Gasteiger partial charge in [0.25, 0.3) is 5.69 Å². The smallest absolute Gasteiger partial charge is 0.270 e. The monoisotopic (exact) mass is 476 g/mol. The highest BCUT2D eigenvalue weighted by atomic mass is 32.1. The van der Waals surface area contributed by atoms with Crippen LogP contribution in [0.3, 0.4) is 0 Å². The summed E-state index contributed by atoms with van der Waals surface area (Å²) in [6.07, 6.45) is 23.3. The second-order valence-corrected chi connectivity index (χ2v) is 9.19. The average molecular weight is 477 g/mol. The molecule has 1 rings (SSSR count). The second-order valence-electron chi connectivity index (χ2n) is 8.78. The summed E-state index contributed by atoms with van der Waals surface area (Å²) in [5, 5.41) is 18.4. The summed E-state index contributed by atoms with van der Waals surface area (Å²) in [6, 6.07) is 6.31. The fourth-order valence-corrected chi connectivity index (χ4v) is 3.95. The predicted molar refractivity (Wildman–Crippen MR) is 144 cm³/mol. The Bertz CT molecular complexity index is 682. The molecular formula is C26H44N4O2S. The van der Waals surface area contributed by atoms with Crippen molar-refractivity contribution in [2.24, 2.45) is 5.10 Å². The van der Waals surface area contributed by atoms with E-state index in [1.165, 1.54) is 115 Å². The number of benzene rings is 1. The normalized spacial score (nSPS) is 11.1. The molecule has 0 heterocycles. The van der Waals surface area contributed by atoms with Crippen molar-refractivity contribution < 1.29 is 4.92 Å². The van der Waals surface area contributed by atoms with Gasteiger partial charge in [0.05, 0.1) is 11.1 Å². The van der Waals surface area contributed by atoms with Gasteiger partial charge in [-0.1, -0.05) is 115 Å². The summed E-state index contributed by atoms with van der Waals surface area (Å²) in [4.78, 5) is 10.4. The number of hydrogen-bond acceptors (Lipinski definition) is 4. The minimum atomic E-state index is -0.422. The molecule has 0 fully saturated rings. The van der Waals surface area contributed by atoms with Gasteiger partial charge in [-0.15, -0.1) is 0 Å². The first-order valence-corrected chi connectivity index (χ1v) is 13.4. The number of rotatable bonds is 20. The van der Waals surface area contributed by atoms with Crippen molar-refractivity contribution in [1.82, 2.24) is 10.7 Å². The van der Waals surface area contributed by atoms with Gasteiger partial charge in [0.1, 0.15) is 0 Å². The first-order valence-electron chi connectivity index (χ1n) is 12.9. The van der Waals surface area contributed by atoms with E-state index < -0.39 is 4.92 Å². The number of unbranched alkanes of at least 4 members (excludes halogenated alkanes) is 15. The SMILES string of the molecule is CCCCCCCCCCCCCCCCCCNC(=S)N/N=C/c1cccc([N+](=O)[O-])c1. The van der Waals surface area contributed by atoms with E-state index in [1.807, 2.05) is 0 Å². The Morgan fingerprint density at radius 1 is 0.909 bits per heavy atom. The molecule has 0 amide bonds. The zero-order valence-corrected chi connectivity index (χ0v) is 21.3. The standard InChI is InChI=1S/C26H44N4O2S/c1-2-3-4-5-6-7-8-9-10-11-12-13-14-15-16-17-21-27-26(33)29-28-23-24-19-18-20-25(22-24)30(31)32/h18-20,22-23H,2-17,21H2,1H3,(H2,27,29,33)/b28-23+. The summed E-state index contributed by atoms with van der Waals surface area (Å²) in [5.41, 5.74) is 3.45. The van der Waals surface area contributed by atoms with Gasteiger partial charge in [0.15, 0.2) is 5.11 Å². The second kappa shape index (κ2) is 20.6. The van der Waals surface area contributed by atoms with Crippen molar-refractivity contribution in [3.63, 3.8) is 0 Å². The highest BCUT2D eigenvalue weighted by molar-refractivity contribution is 7.80. The Morgan fingerprint density at radius 2 is 1.42 bits per heavy atom. The first kappa shape index (κ1) is 29.0. The molecule has 0 aliphatic rings. The number of non-ortho nitro benzene ring substituents is 1. The van der Waals surface area contributed by atoms with Gasteiger partial charge in [0, 0.05) is 24.2 Å². The Kier molecular flexibility index (Phi) is 18.1. The van der Waals surface area contributed by atoms with E-state index in [1.54, 1.807) is 12.1 Å². The number of nitro benzene ring substituents is 1. The molecule has 0 saturated carbocycles. The Balaban J connectivity index is 1.87. The van der Waals surface area contributed by atoms with E-state index >= 15 is 0 Å². The summed E-state index contributed by atoms with van der Waals surface area (Å²) in [5.74, 6) is 0. The predicted octanol–water partition coefficient (Wildman–Crippen LogP) is 7.65. The Morgan fingerprint density at radius 3 is 1.94 bits per heavy atom. The van der Waals surface area contributed by atoms with Crippen LogP contribution in [0.2, 0.25) is 0 Å². The number of nitrogens with one attached hydrogen (secondary N) is 2. The van der Waals surface area contributed by atoms with Crippen LogP contribution in [-0.4, -0.2) is 22.8 Å². The number of hydrazone groups is 1. The molecule has 0 aliphatic heterocycles. The van der Waals surface area contributed by atoms with Gasteiger partial charge >= 0.3 is 0 Å². The average Bonchev–Trinajstić information content (AvgIpc) is 2.81. The molecule has 6 nitrogen and oxygen atoms in total. The molecule has 1 aromatic rings. The number of hydrogen-bond donors (Lipinski definition) is 2. The van der Waals surface area contributed by atoms with Crippen molar-refractivity contribution in [3.8, 4) is 0 Å². The number of nitro groups is 1. The molecule has 186 valence electrons. The van der Waals surface area contributed by atoms with Gasteiger partial charge in [0.2, 0.25) is 0 Å². The van der Waals surface area contributed by atoms with E-state index in [4.69, 9.17) is 12.2 Å². The molecule has 0 radical (unpaired) electrons. The molecule has 0 spiro atoms. The van der Waals surface area contributed by atoms with Crippen molar-refractivity contribution in [2.75, 3.05) is 6.54 Å². The van der Waals surface area contributed by atoms with Crippen molar-refractivity contribution in [2.45, 2.75) is 110 Å². The molecule has 0 saturated heterocycles. The minimum absolute atomic E-state index is 0.0446. The maximum absolute atomic E-state index is 10.8. The fourth-order valence-electron chi connectivity index (χ4n) is 3.80. The summed E-state index contributed by atoms with van der Waals surface area (Å²) in [7, 11) is 0. The molecule has 0 unspecified atom stereocenters. The van der Waals surface area contributed by atoms with Gasteiger partial charge in [-0.25, -0.2) is 0 Å². The Labute approximate surface area is 206 Å². The molecule has 7 heteroatoms. The van der Waals surface area contributed by atoms with Crippen molar-refractivity contribution in [1.29, 1.82) is 0 Å². The quantitative estimate of drug-likeness (QED) is 0.0664. The lowest BCUT2D eigenvalue weighted by Gasteiger charge is -2.07. The van der Waals surface area contributed by atoms with E-state index in [9.17, 15) is 10.1 Å². The van der Waals surface area contributed by atoms with Gasteiger partial charge < -0.3 is 5.32 Å². The van der Waals surface area contributed by atoms with Gasteiger partial charge in [-0.2, -0.15) is 5.10 Å². The molecule has 0 aromatic heterocycles. The maximum Gasteiger partial charge on any atom is 0.270 e. The third-order valence-electron chi connectivity index (χ3n) is 5.78. The van der Waals surface area contributed by atoms with Crippen LogP contribution in [0.25, 0.3) is 0 Å². The van der Waals surface area contributed by atoms with Crippen molar-refractivity contribution in [3.05, 3.63) is 39.9 Å². The minimum Gasteiger partial charge on any atom is -0.361 e. The lowest BCUT2D eigenvalue weighted by atomic mass is 10.0. The lowest BCUT2D eigenvalue weighted by molar-refractivity contribution is -0.384. The Hall–Kier alpha value is -2.02. The van der Waals surface area contributed by atoms with Crippen LogP contribution >= 0.6 is 12.2 Å². The van der Waals surface area contributed by atoms with E-state index in [0.717, 1.165) is 13.0 Å². The van der Waals surface area contributed by atoms with Crippen LogP contribution in [0.5, 0.6) is 0 Å². The van der Waals surface area contributed by atoms with Crippen molar-refractivity contribution >= 4 is 29.2 Å². The highest BCUT2D eigenvalue weighted by Crippen LogP contribution is 2.14. The zero-order valence-electron chi connectivity index (χ0n) is 20.5. The molecule has 2 N–H and O–H groups in total. The van der Waals surface area contributed by atoms with Crippen LogP contribution in [0, 0.1) is 10.1 Å². The number of thiocarbonyl (C=S) groups is 1. The van der Waals surface area contributed by atoms with Crippen LogP contribution in [0.1, 0.15) is 115 Å². The third kappa shape index (κ3) is 17.2. The van der Waals surface area contributed by atoms with E-state index in [-0.39, 0.29) is 5.69 Å². The van der Waals surface area contributed by atoms with Gasteiger partial charge in [-0.05, 0) is 18.6 Å². The fraction of sp³-hybridized carbons (Fsp3) is 0.692. The third-order valence-corrected chi connectivity index (χ3v) is 6.01. The molecule has 0 atom stereocenters. The van der Waals surface area contributed by atoms with Crippen LogP contribution in [-0.2, 0) is 0 Å². The molecule has 0 bridgehead atoms. The lowest BCUT2D eigenvalue weighted by Crippen LogP contribution is -2.32. The topological polar surface area (TPSA) is 79.6 Å². The first-order chi connectivity index (χ1) is 16.1. The van der Waals surface area contributed by atoms with Crippen LogP contribution in [0.15, 0.2) is 29.4 Å². The summed E-state index contributed by atoms with van der Waals surface area (Å²) >= 11 is 5.20.